The predicted molar refractivity (Wildman–Crippen MR) is 143 cm³/mol. The molecule has 0 aromatic heterocycles. The van der Waals surface area contributed by atoms with Crippen LogP contribution in [0.5, 0.6) is 5.75 Å². The zero-order valence-electron chi connectivity index (χ0n) is 22.2. The van der Waals surface area contributed by atoms with Crippen LogP contribution in [0.4, 0.5) is 0 Å². The van der Waals surface area contributed by atoms with E-state index in [1.54, 1.807) is 7.11 Å². The van der Waals surface area contributed by atoms with Crippen LogP contribution in [-0.2, 0) is 20.5 Å². The first-order valence-corrected chi connectivity index (χ1v) is 18.4. The van der Waals surface area contributed by atoms with Crippen LogP contribution >= 0.6 is 0 Å². The lowest BCUT2D eigenvalue weighted by molar-refractivity contribution is 0.104. The summed E-state index contributed by atoms with van der Waals surface area (Å²) in [5.41, 5.74) is 5.76. The summed E-state index contributed by atoms with van der Waals surface area (Å²) in [5.74, 6) is 4.34. The number of hydrogen-bond acceptors (Lipinski definition) is 4. The first-order valence-electron chi connectivity index (χ1n) is 12.0. The van der Waals surface area contributed by atoms with E-state index >= 15 is 0 Å². The molecule has 1 aromatic rings. The minimum atomic E-state index is -1.89. The molecule has 2 rings (SSSR count). The highest BCUT2D eigenvalue weighted by molar-refractivity contribution is 6.83. The van der Waals surface area contributed by atoms with Crippen LogP contribution in [0.3, 0.4) is 0 Å². The zero-order chi connectivity index (χ0) is 24.9. The first-order chi connectivity index (χ1) is 15.2. The molecule has 1 aliphatic rings. The van der Waals surface area contributed by atoms with Gasteiger partial charge in [0.1, 0.15) is 32.1 Å². The normalized spacial score (nSPS) is 19.4. The van der Waals surface area contributed by atoms with Crippen LogP contribution in [0.25, 0.3) is 0 Å². The highest BCUT2D eigenvalue weighted by Gasteiger charge is 2.42. The van der Waals surface area contributed by atoms with Crippen LogP contribution in [0.15, 0.2) is 36.4 Å². The van der Waals surface area contributed by atoms with Gasteiger partial charge in [0, 0.05) is 0 Å². The van der Waals surface area contributed by atoms with Gasteiger partial charge in [0.25, 0.3) is 0 Å². The zero-order valence-corrected chi connectivity index (χ0v) is 24.2. The molecule has 1 aliphatic heterocycles. The van der Waals surface area contributed by atoms with Crippen molar-refractivity contribution in [1.82, 2.24) is 0 Å². The van der Waals surface area contributed by atoms with E-state index in [1.165, 1.54) is 0 Å². The average molecular weight is 489 g/mol. The Bertz CT molecular complexity index is 838. The number of epoxide rings is 1. The molecule has 6 heteroatoms. The summed E-state index contributed by atoms with van der Waals surface area (Å²) in [6.45, 7) is 23.7. The van der Waals surface area contributed by atoms with Gasteiger partial charge in [-0.05, 0) is 54.2 Å². The maximum atomic E-state index is 6.68. The summed E-state index contributed by atoms with van der Waals surface area (Å²) in [4.78, 5) is 0. The summed E-state index contributed by atoms with van der Waals surface area (Å²) in [6.07, 6.45) is 1.86. The number of rotatable bonds is 11. The molecule has 1 aromatic carbocycles. The van der Waals surface area contributed by atoms with Crippen LogP contribution in [-0.4, -0.2) is 48.4 Å². The predicted octanol–water partition coefficient (Wildman–Crippen LogP) is 6.59. The number of hydrogen-bond donors (Lipinski definition) is 0. The topological polar surface area (TPSA) is 40.2 Å². The second-order valence-electron chi connectivity index (χ2n) is 11.5. The van der Waals surface area contributed by atoms with Gasteiger partial charge in [-0.25, -0.2) is 0 Å². The van der Waals surface area contributed by atoms with E-state index in [0.29, 0.717) is 13.2 Å². The maximum Gasteiger partial charge on any atom is 0.193 e. The van der Waals surface area contributed by atoms with Gasteiger partial charge in [-0.3, -0.25) is 0 Å². The molecule has 0 aliphatic carbocycles. The standard InChI is InChI=1S/C27H44O4Si2/c1-21(26-25(30-26)20-29-19-22-12-15-23(28-5)16-13-22)11-14-24(17-18-32(6,7)8)31-33(9,10)27(2,3)4/h12-13,15-16,24-26H,1,11,14,19-20H2,2-10H3/t24-,25+,26-/m1/s1. The van der Waals surface area contributed by atoms with Gasteiger partial charge in [-0.15, -0.1) is 5.54 Å². The van der Waals surface area contributed by atoms with Crippen molar-refractivity contribution in [3.05, 3.63) is 42.0 Å². The third-order valence-electron chi connectivity index (χ3n) is 6.27. The SMILES string of the molecule is C=C(CC[C@H](C#C[Si](C)(C)C)O[Si](C)(C)C(C)(C)C)[C@H]1O[C@H]1COCc1ccc(OC)cc1. The van der Waals surface area contributed by atoms with Gasteiger partial charge < -0.3 is 18.6 Å². The molecule has 4 nitrogen and oxygen atoms in total. The Morgan fingerprint density at radius 3 is 2.30 bits per heavy atom. The fourth-order valence-corrected chi connectivity index (χ4v) is 4.93. The highest BCUT2D eigenvalue weighted by atomic mass is 28.4. The van der Waals surface area contributed by atoms with Crippen molar-refractivity contribution in [2.75, 3.05) is 13.7 Å². The molecular formula is C27H44O4Si2. The summed E-state index contributed by atoms with van der Waals surface area (Å²) in [7, 11) is -1.69. The molecule has 0 radical (unpaired) electrons. The minimum Gasteiger partial charge on any atom is -0.497 e. The molecule has 0 saturated carbocycles. The van der Waals surface area contributed by atoms with E-state index in [4.69, 9.17) is 18.6 Å². The van der Waals surface area contributed by atoms with E-state index in [1.807, 2.05) is 24.3 Å². The molecule has 0 unspecified atom stereocenters. The summed E-state index contributed by atoms with van der Waals surface area (Å²) in [5, 5.41) is 0.162. The smallest absolute Gasteiger partial charge is 0.193 e. The summed E-state index contributed by atoms with van der Waals surface area (Å²) in [6, 6.07) is 7.94. The average Bonchev–Trinajstić information content (AvgIpc) is 3.48. The summed E-state index contributed by atoms with van der Waals surface area (Å²) >= 11 is 0. The Morgan fingerprint density at radius 1 is 1.12 bits per heavy atom. The van der Waals surface area contributed by atoms with E-state index < -0.39 is 16.4 Å². The molecule has 33 heavy (non-hydrogen) atoms. The number of benzene rings is 1. The molecule has 0 N–H and O–H groups in total. The third kappa shape index (κ3) is 9.42. The van der Waals surface area contributed by atoms with Gasteiger partial charge in [0.05, 0.1) is 20.3 Å². The molecular weight excluding hydrogens is 444 g/mol. The van der Waals surface area contributed by atoms with E-state index in [9.17, 15) is 0 Å². The van der Waals surface area contributed by atoms with Gasteiger partial charge >= 0.3 is 0 Å². The molecule has 0 spiro atoms. The lowest BCUT2D eigenvalue weighted by Crippen LogP contribution is -2.43. The first kappa shape index (κ1) is 27.9. The molecule has 3 atom stereocenters. The largest absolute Gasteiger partial charge is 0.497 e. The van der Waals surface area contributed by atoms with Gasteiger partial charge in [0.2, 0.25) is 0 Å². The fraction of sp³-hybridized carbons (Fsp3) is 0.630. The third-order valence-corrected chi connectivity index (χ3v) is 11.7. The Kier molecular flexibility index (Phi) is 9.61. The van der Waals surface area contributed by atoms with Crippen molar-refractivity contribution < 1.29 is 18.6 Å². The lowest BCUT2D eigenvalue weighted by Gasteiger charge is -2.38. The molecule has 184 valence electrons. The van der Waals surface area contributed by atoms with Crippen LogP contribution in [0.1, 0.15) is 39.2 Å². The number of methoxy groups -OCH3 is 1. The monoisotopic (exact) mass is 488 g/mol. The van der Waals surface area contributed by atoms with Crippen LogP contribution < -0.4 is 4.74 Å². The maximum absolute atomic E-state index is 6.68. The summed E-state index contributed by atoms with van der Waals surface area (Å²) < 4.78 is 23.6. The molecule has 0 amide bonds. The molecule has 1 heterocycles. The second kappa shape index (κ2) is 11.4. The molecule has 0 bridgehead atoms. The van der Waals surface area contributed by atoms with Crippen LogP contribution in [0, 0.1) is 11.5 Å². The number of ether oxygens (including phenoxy) is 3. The minimum absolute atomic E-state index is 0.0436. The van der Waals surface area contributed by atoms with E-state index in [2.05, 4.69) is 71.5 Å². The molecule has 1 saturated heterocycles. The van der Waals surface area contributed by atoms with Crippen molar-refractivity contribution in [3.8, 4) is 17.2 Å². The fourth-order valence-electron chi connectivity index (χ4n) is 3.09. The quantitative estimate of drug-likeness (QED) is 0.152. The van der Waals surface area contributed by atoms with Crippen molar-refractivity contribution >= 4 is 16.4 Å². The second-order valence-corrected chi connectivity index (χ2v) is 21.0. The Balaban J connectivity index is 1.83. The van der Waals surface area contributed by atoms with E-state index in [0.717, 1.165) is 29.7 Å². The Hall–Kier alpha value is -1.37. The molecule has 1 fully saturated rings. The van der Waals surface area contributed by atoms with Crippen molar-refractivity contribution in [1.29, 1.82) is 0 Å². The highest BCUT2D eigenvalue weighted by Crippen LogP contribution is 2.38. The van der Waals surface area contributed by atoms with Gasteiger partial charge in [0.15, 0.2) is 8.32 Å². The van der Waals surface area contributed by atoms with E-state index in [-0.39, 0.29) is 23.4 Å². The van der Waals surface area contributed by atoms with Crippen molar-refractivity contribution in [2.45, 2.75) is 96.3 Å². The van der Waals surface area contributed by atoms with Gasteiger partial charge in [-0.1, -0.05) is 65.0 Å². The van der Waals surface area contributed by atoms with Crippen molar-refractivity contribution in [3.63, 3.8) is 0 Å². The van der Waals surface area contributed by atoms with Crippen LogP contribution in [0.2, 0.25) is 37.8 Å². The van der Waals surface area contributed by atoms with Crippen molar-refractivity contribution in [2.24, 2.45) is 0 Å². The lowest BCUT2D eigenvalue weighted by atomic mass is 10.0. The Morgan fingerprint density at radius 2 is 1.76 bits per heavy atom. The Labute approximate surface area is 204 Å². The van der Waals surface area contributed by atoms with Gasteiger partial charge in [-0.2, -0.15) is 0 Å².